The van der Waals surface area contributed by atoms with Gasteiger partial charge < -0.3 is 19.6 Å². The predicted octanol–water partition coefficient (Wildman–Crippen LogP) is 3.02. The molecular formula is C22H24N6O2. The van der Waals surface area contributed by atoms with E-state index >= 15 is 0 Å². The van der Waals surface area contributed by atoms with Crippen molar-refractivity contribution in [3.63, 3.8) is 0 Å². The van der Waals surface area contributed by atoms with E-state index in [0.717, 1.165) is 66.9 Å². The lowest BCUT2D eigenvalue weighted by atomic mass is 10.1. The first-order valence-electron chi connectivity index (χ1n) is 10.4. The summed E-state index contributed by atoms with van der Waals surface area (Å²) in [7, 11) is 0. The van der Waals surface area contributed by atoms with Crippen LogP contribution in [0.15, 0.2) is 42.9 Å². The summed E-state index contributed by atoms with van der Waals surface area (Å²) < 4.78 is 7.54. The molecule has 0 atom stereocenters. The van der Waals surface area contributed by atoms with Gasteiger partial charge in [0.1, 0.15) is 11.3 Å². The number of ether oxygens (including phenoxy) is 1. The van der Waals surface area contributed by atoms with E-state index in [1.807, 2.05) is 36.7 Å². The van der Waals surface area contributed by atoms with Crippen molar-refractivity contribution in [2.75, 3.05) is 19.8 Å². The summed E-state index contributed by atoms with van der Waals surface area (Å²) >= 11 is 0. The largest absolute Gasteiger partial charge is 0.381 e. The second-order valence-electron chi connectivity index (χ2n) is 7.62. The smallest absolute Gasteiger partial charge is 0.252 e. The van der Waals surface area contributed by atoms with E-state index < -0.39 is 0 Å². The van der Waals surface area contributed by atoms with Gasteiger partial charge in [0, 0.05) is 38.4 Å². The highest BCUT2D eigenvalue weighted by Crippen LogP contribution is 2.24. The zero-order valence-electron chi connectivity index (χ0n) is 16.7. The van der Waals surface area contributed by atoms with Crippen molar-refractivity contribution in [1.29, 1.82) is 0 Å². The van der Waals surface area contributed by atoms with Crippen LogP contribution in [0.4, 0.5) is 0 Å². The second kappa shape index (κ2) is 8.23. The SMILES string of the molecule is O=C(NCCCc1nc2ccccc2[nH]1)c1cnc2c(c1)ncn2C1CCOCC1. The Bertz CT molecular complexity index is 1140. The zero-order valence-corrected chi connectivity index (χ0v) is 16.7. The molecule has 1 amide bonds. The maximum absolute atomic E-state index is 12.5. The summed E-state index contributed by atoms with van der Waals surface area (Å²) in [6.45, 7) is 2.10. The van der Waals surface area contributed by atoms with E-state index in [1.165, 1.54) is 0 Å². The van der Waals surface area contributed by atoms with E-state index in [2.05, 4.69) is 29.8 Å². The lowest BCUT2D eigenvalue weighted by Crippen LogP contribution is -2.25. The maximum atomic E-state index is 12.5. The number of aryl methyl sites for hydroxylation is 1. The molecule has 30 heavy (non-hydrogen) atoms. The summed E-state index contributed by atoms with van der Waals surface area (Å²) in [4.78, 5) is 29.4. The number of fused-ring (bicyclic) bond motifs is 2. The van der Waals surface area contributed by atoms with E-state index in [4.69, 9.17) is 4.74 Å². The Morgan fingerprint density at radius 2 is 2.07 bits per heavy atom. The molecule has 8 heteroatoms. The highest BCUT2D eigenvalue weighted by atomic mass is 16.5. The average molecular weight is 404 g/mol. The van der Waals surface area contributed by atoms with Gasteiger partial charge in [0.25, 0.3) is 5.91 Å². The van der Waals surface area contributed by atoms with Gasteiger partial charge in [0.05, 0.1) is 22.9 Å². The Morgan fingerprint density at radius 3 is 2.93 bits per heavy atom. The van der Waals surface area contributed by atoms with Crippen molar-refractivity contribution in [2.24, 2.45) is 0 Å². The molecular weight excluding hydrogens is 380 g/mol. The molecule has 1 fully saturated rings. The summed E-state index contributed by atoms with van der Waals surface area (Å²) in [5.74, 6) is 0.807. The molecule has 0 unspecified atom stereocenters. The number of carbonyl (C=O) groups excluding carboxylic acids is 1. The number of aromatic amines is 1. The Morgan fingerprint density at radius 1 is 1.20 bits per heavy atom. The maximum Gasteiger partial charge on any atom is 0.252 e. The first-order valence-corrected chi connectivity index (χ1v) is 10.4. The number of amides is 1. The third kappa shape index (κ3) is 3.78. The first-order chi connectivity index (χ1) is 14.8. The van der Waals surface area contributed by atoms with Crippen molar-refractivity contribution in [3.8, 4) is 0 Å². The number of nitrogens with zero attached hydrogens (tertiary/aromatic N) is 4. The Kier molecular flexibility index (Phi) is 5.15. The molecule has 0 bridgehead atoms. The lowest BCUT2D eigenvalue weighted by Gasteiger charge is -2.23. The molecule has 0 radical (unpaired) electrons. The molecule has 1 aliphatic rings. The number of pyridine rings is 1. The minimum Gasteiger partial charge on any atom is -0.381 e. The number of hydrogen-bond acceptors (Lipinski definition) is 5. The predicted molar refractivity (Wildman–Crippen MR) is 113 cm³/mol. The molecule has 8 nitrogen and oxygen atoms in total. The lowest BCUT2D eigenvalue weighted by molar-refractivity contribution is 0.0704. The van der Waals surface area contributed by atoms with Crippen LogP contribution >= 0.6 is 0 Å². The summed E-state index contributed by atoms with van der Waals surface area (Å²) in [6, 6.07) is 10.1. The van der Waals surface area contributed by atoms with Crippen LogP contribution < -0.4 is 5.32 Å². The molecule has 4 aromatic rings. The topological polar surface area (TPSA) is 97.7 Å². The quantitative estimate of drug-likeness (QED) is 0.482. The molecule has 154 valence electrons. The fraction of sp³-hybridized carbons (Fsp3) is 0.364. The molecule has 1 saturated heterocycles. The third-order valence-electron chi connectivity index (χ3n) is 5.57. The molecule has 3 aromatic heterocycles. The molecule has 0 aliphatic carbocycles. The highest BCUT2D eigenvalue weighted by molar-refractivity contribution is 5.96. The van der Waals surface area contributed by atoms with Gasteiger partial charge in [-0.2, -0.15) is 0 Å². The van der Waals surface area contributed by atoms with Gasteiger partial charge >= 0.3 is 0 Å². The van der Waals surface area contributed by atoms with Gasteiger partial charge in [0.2, 0.25) is 0 Å². The standard InChI is InChI=1S/C22H24N6O2/c29-22(23-9-3-6-20-26-17-4-1-2-5-18(17)27-20)15-12-19-21(24-13-15)28(14-25-19)16-7-10-30-11-8-16/h1-2,4-5,12-14,16H,3,6-11H2,(H,23,29)(H,26,27). The first kappa shape index (κ1) is 18.7. The van der Waals surface area contributed by atoms with E-state index in [0.29, 0.717) is 18.2 Å². The number of benzene rings is 1. The van der Waals surface area contributed by atoms with Crippen molar-refractivity contribution >= 4 is 28.1 Å². The minimum absolute atomic E-state index is 0.130. The second-order valence-corrected chi connectivity index (χ2v) is 7.62. The van der Waals surface area contributed by atoms with Gasteiger partial charge in [-0.15, -0.1) is 0 Å². The zero-order chi connectivity index (χ0) is 20.3. The van der Waals surface area contributed by atoms with Crippen molar-refractivity contribution in [2.45, 2.75) is 31.7 Å². The highest BCUT2D eigenvalue weighted by Gasteiger charge is 2.19. The Balaban J connectivity index is 1.18. The number of rotatable bonds is 6. The number of nitrogens with one attached hydrogen (secondary N) is 2. The third-order valence-corrected chi connectivity index (χ3v) is 5.57. The van der Waals surface area contributed by atoms with Crippen LogP contribution in [-0.4, -0.2) is 50.2 Å². The van der Waals surface area contributed by atoms with Crippen LogP contribution in [-0.2, 0) is 11.2 Å². The molecule has 1 aromatic carbocycles. The van der Waals surface area contributed by atoms with Crippen molar-refractivity contribution in [1.82, 2.24) is 29.8 Å². The molecule has 5 rings (SSSR count). The van der Waals surface area contributed by atoms with Gasteiger partial charge in [0.15, 0.2) is 5.65 Å². The molecule has 2 N–H and O–H groups in total. The van der Waals surface area contributed by atoms with Gasteiger partial charge in [-0.05, 0) is 37.5 Å². The minimum atomic E-state index is -0.130. The van der Waals surface area contributed by atoms with Crippen LogP contribution in [0.25, 0.3) is 22.2 Å². The van der Waals surface area contributed by atoms with Gasteiger partial charge in [-0.25, -0.2) is 15.0 Å². The monoisotopic (exact) mass is 404 g/mol. The van der Waals surface area contributed by atoms with Crippen LogP contribution in [0.3, 0.4) is 0 Å². The van der Waals surface area contributed by atoms with Gasteiger partial charge in [-0.3, -0.25) is 4.79 Å². The number of aromatic nitrogens is 5. The van der Waals surface area contributed by atoms with Crippen LogP contribution in [0.1, 0.15) is 41.5 Å². The molecule has 0 spiro atoms. The van der Waals surface area contributed by atoms with Gasteiger partial charge in [-0.1, -0.05) is 12.1 Å². The molecule has 0 saturated carbocycles. The summed E-state index contributed by atoms with van der Waals surface area (Å²) in [5, 5.41) is 2.97. The Labute approximate surface area is 173 Å². The number of hydrogen-bond donors (Lipinski definition) is 2. The number of imidazole rings is 2. The molecule has 4 heterocycles. The fourth-order valence-corrected chi connectivity index (χ4v) is 3.96. The average Bonchev–Trinajstić information content (AvgIpc) is 3.40. The van der Waals surface area contributed by atoms with Crippen LogP contribution in [0.5, 0.6) is 0 Å². The van der Waals surface area contributed by atoms with E-state index in [-0.39, 0.29) is 5.91 Å². The van der Waals surface area contributed by atoms with E-state index in [1.54, 1.807) is 6.20 Å². The Hall–Kier alpha value is -3.26. The fourth-order valence-electron chi connectivity index (χ4n) is 3.96. The van der Waals surface area contributed by atoms with Crippen LogP contribution in [0.2, 0.25) is 0 Å². The normalized spacial score (nSPS) is 15.1. The summed E-state index contributed by atoms with van der Waals surface area (Å²) in [5.41, 5.74) is 4.11. The van der Waals surface area contributed by atoms with Crippen molar-refractivity contribution < 1.29 is 9.53 Å². The number of para-hydroxylation sites is 2. The summed E-state index contributed by atoms with van der Waals surface area (Å²) in [6.07, 6.45) is 6.96. The van der Waals surface area contributed by atoms with E-state index in [9.17, 15) is 4.79 Å². The van der Waals surface area contributed by atoms with Crippen LogP contribution in [0, 0.1) is 0 Å². The van der Waals surface area contributed by atoms with Crippen molar-refractivity contribution in [3.05, 3.63) is 54.2 Å². The number of carbonyl (C=O) groups is 1. The molecule has 1 aliphatic heterocycles. The number of H-pyrrole nitrogens is 1.